The van der Waals surface area contributed by atoms with Crippen LogP contribution in [0.5, 0.6) is 5.75 Å². The molecule has 1 saturated heterocycles. The second-order valence-electron chi connectivity index (χ2n) is 6.16. The van der Waals surface area contributed by atoms with Gasteiger partial charge in [0.25, 0.3) is 0 Å². The fourth-order valence-electron chi connectivity index (χ4n) is 2.19. The first-order valence-corrected chi connectivity index (χ1v) is 7.03. The topological polar surface area (TPSA) is 12.5 Å². The molecule has 1 heterocycles. The fraction of sp³-hybridized carbons (Fsp3) is 0.625. The molecule has 2 nitrogen and oxygen atoms in total. The first-order chi connectivity index (χ1) is 8.53. The normalized spacial score (nSPS) is 16.4. The van der Waals surface area contributed by atoms with Gasteiger partial charge in [0.1, 0.15) is 11.4 Å². The van der Waals surface area contributed by atoms with Gasteiger partial charge in [0.15, 0.2) is 0 Å². The van der Waals surface area contributed by atoms with Gasteiger partial charge in [0.2, 0.25) is 0 Å². The standard InChI is InChI=1S/C16H25NO/c1-16(2,3)18-15-9-7-14(8-10-15)6-4-11-17-12-5-13-17/h7-10H,4-6,11-13H2,1-3H3. The molecule has 0 saturated carbocycles. The van der Waals surface area contributed by atoms with Crippen LogP contribution in [0, 0.1) is 0 Å². The predicted octanol–water partition coefficient (Wildman–Crippen LogP) is 3.50. The van der Waals surface area contributed by atoms with Gasteiger partial charge < -0.3 is 9.64 Å². The minimum Gasteiger partial charge on any atom is -0.488 e. The lowest BCUT2D eigenvalue weighted by atomic mass is 10.1. The Morgan fingerprint density at radius 3 is 2.28 bits per heavy atom. The fourth-order valence-corrected chi connectivity index (χ4v) is 2.19. The van der Waals surface area contributed by atoms with Gasteiger partial charge in [-0.25, -0.2) is 0 Å². The maximum absolute atomic E-state index is 5.82. The van der Waals surface area contributed by atoms with Crippen molar-refractivity contribution in [3.63, 3.8) is 0 Å². The zero-order valence-corrected chi connectivity index (χ0v) is 11.9. The lowest BCUT2D eigenvalue weighted by molar-refractivity contribution is 0.131. The van der Waals surface area contributed by atoms with Crippen LogP contribution in [0.4, 0.5) is 0 Å². The molecule has 0 N–H and O–H groups in total. The summed E-state index contributed by atoms with van der Waals surface area (Å²) in [4.78, 5) is 2.52. The van der Waals surface area contributed by atoms with E-state index < -0.39 is 0 Å². The summed E-state index contributed by atoms with van der Waals surface area (Å²) < 4.78 is 5.82. The second-order valence-corrected chi connectivity index (χ2v) is 6.16. The number of benzene rings is 1. The van der Waals surface area contributed by atoms with E-state index in [2.05, 4.69) is 49.9 Å². The Balaban J connectivity index is 1.76. The molecule has 100 valence electrons. The van der Waals surface area contributed by atoms with Crippen LogP contribution in [0.25, 0.3) is 0 Å². The zero-order chi connectivity index (χ0) is 13.0. The van der Waals surface area contributed by atoms with E-state index in [9.17, 15) is 0 Å². The minimum absolute atomic E-state index is 0.112. The number of ether oxygens (including phenoxy) is 1. The van der Waals surface area contributed by atoms with Crippen molar-refractivity contribution < 1.29 is 4.74 Å². The van der Waals surface area contributed by atoms with E-state index in [0.29, 0.717) is 0 Å². The smallest absolute Gasteiger partial charge is 0.120 e. The third-order valence-corrected chi connectivity index (χ3v) is 3.24. The van der Waals surface area contributed by atoms with Gasteiger partial charge in [-0.05, 0) is 77.4 Å². The predicted molar refractivity (Wildman–Crippen MR) is 76.2 cm³/mol. The first kappa shape index (κ1) is 13.4. The second kappa shape index (κ2) is 5.75. The maximum atomic E-state index is 5.82. The molecule has 0 spiro atoms. The van der Waals surface area contributed by atoms with E-state index in [1.807, 2.05) is 0 Å². The molecule has 0 atom stereocenters. The number of rotatable bonds is 5. The molecule has 1 aliphatic rings. The summed E-state index contributed by atoms with van der Waals surface area (Å²) in [5, 5.41) is 0. The monoisotopic (exact) mass is 247 g/mol. The van der Waals surface area contributed by atoms with Crippen molar-refractivity contribution >= 4 is 0 Å². The van der Waals surface area contributed by atoms with Gasteiger partial charge in [-0.2, -0.15) is 0 Å². The highest BCUT2D eigenvalue weighted by Gasteiger charge is 2.13. The molecule has 1 fully saturated rings. The van der Waals surface area contributed by atoms with Gasteiger partial charge in [-0.3, -0.25) is 0 Å². The summed E-state index contributed by atoms with van der Waals surface area (Å²) in [6.45, 7) is 10.1. The number of likely N-dealkylation sites (tertiary alicyclic amines) is 1. The van der Waals surface area contributed by atoms with Crippen molar-refractivity contribution in [2.75, 3.05) is 19.6 Å². The summed E-state index contributed by atoms with van der Waals surface area (Å²) in [7, 11) is 0. The average Bonchev–Trinajstić information content (AvgIpc) is 2.22. The Hall–Kier alpha value is -1.02. The summed E-state index contributed by atoms with van der Waals surface area (Å²) in [5.74, 6) is 0.967. The molecule has 0 aliphatic carbocycles. The number of hydrogen-bond donors (Lipinski definition) is 0. The maximum Gasteiger partial charge on any atom is 0.120 e. The van der Waals surface area contributed by atoms with E-state index in [1.165, 1.54) is 44.5 Å². The minimum atomic E-state index is -0.112. The van der Waals surface area contributed by atoms with Crippen LogP contribution in [0.2, 0.25) is 0 Å². The summed E-state index contributed by atoms with van der Waals surface area (Å²) >= 11 is 0. The molecule has 1 aromatic rings. The third-order valence-electron chi connectivity index (χ3n) is 3.24. The summed E-state index contributed by atoms with van der Waals surface area (Å²) in [6.07, 6.45) is 3.82. The molecule has 2 heteroatoms. The van der Waals surface area contributed by atoms with Crippen LogP contribution in [0.15, 0.2) is 24.3 Å². The first-order valence-electron chi connectivity index (χ1n) is 7.03. The Kier molecular flexibility index (Phi) is 4.28. The SMILES string of the molecule is CC(C)(C)Oc1ccc(CCCN2CCC2)cc1. The molecule has 0 unspecified atom stereocenters. The summed E-state index contributed by atoms with van der Waals surface area (Å²) in [6, 6.07) is 8.56. The van der Waals surface area contributed by atoms with Gasteiger partial charge in [-0.1, -0.05) is 12.1 Å². The molecule has 0 radical (unpaired) electrons. The Morgan fingerprint density at radius 2 is 1.78 bits per heavy atom. The summed E-state index contributed by atoms with van der Waals surface area (Å²) in [5.41, 5.74) is 1.30. The van der Waals surface area contributed by atoms with E-state index in [4.69, 9.17) is 4.74 Å². The zero-order valence-electron chi connectivity index (χ0n) is 11.9. The van der Waals surface area contributed by atoms with Gasteiger partial charge in [0.05, 0.1) is 0 Å². The highest BCUT2D eigenvalue weighted by Crippen LogP contribution is 2.19. The third kappa shape index (κ3) is 4.34. The van der Waals surface area contributed by atoms with Crippen LogP contribution in [0.3, 0.4) is 0 Å². The van der Waals surface area contributed by atoms with E-state index >= 15 is 0 Å². The van der Waals surface area contributed by atoms with Crippen molar-refractivity contribution in [2.24, 2.45) is 0 Å². The van der Waals surface area contributed by atoms with Crippen LogP contribution < -0.4 is 4.74 Å². The van der Waals surface area contributed by atoms with Crippen LogP contribution in [-0.2, 0) is 6.42 Å². The molecular weight excluding hydrogens is 222 g/mol. The van der Waals surface area contributed by atoms with Crippen LogP contribution in [-0.4, -0.2) is 30.1 Å². The highest BCUT2D eigenvalue weighted by atomic mass is 16.5. The molecule has 0 amide bonds. The molecule has 18 heavy (non-hydrogen) atoms. The van der Waals surface area contributed by atoms with Gasteiger partial charge in [-0.15, -0.1) is 0 Å². The van der Waals surface area contributed by atoms with Crippen molar-refractivity contribution in [3.8, 4) is 5.75 Å². The molecule has 1 aliphatic heterocycles. The van der Waals surface area contributed by atoms with E-state index in [0.717, 1.165) is 5.75 Å². The molecule has 1 aromatic carbocycles. The van der Waals surface area contributed by atoms with Crippen molar-refractivity contribution in [1.29, 1.82) is 0 Å². The molecule has 2 rings (SSSR count). The van der Waals surface area contributed by atoms with E-state index in [1.54, 1.807) is 0 Å². The number of nitrogens with zero attached hydrogens (tertiary/aromatic N) is 1. The van der Waals surface area contributed by atoms with Crippen LogP contribution >= 0.6 is 0 Å². The van der Waals surface area contributed by atoms with E-state index in [-0.39, 0.29) is 5.60 Å². The number of aryl methyl sites for hydroxylation is 1. The van der Waals surface area contributed by atoms with Gasteiger partial charge >= 0.3 is 0 Å². The Morgan fingerprint density at radius 1 is 1.11 bits per heavy atom. The largest absolute Gasteiger partial charge is 0.488 e. The molecule has 0 aromatic heterocycles. The number of hydrogen-bond acceptors (Lipinski definition) is 2. The Labute approximate surface area is 111 Å². The lowest BCUT2D eigenvalue weighted by Gasteiger charge is -2.30. The Bertz CT molecular complexity index is 360. The van der Waals surface area contributed by atoms with Crippen molar-refractivity contribution in [3.05, 3.63) is 29.8 Å². The highest BCUT2D eigenvalue weighted by molar-refractivity contribution is 5.27. The lowest BCUT2D eigenvalue weighted by Crippen LogP contribution is -2.37. The van der Waals surface area contributed by atoms with Crippen molar-refractivity contribution in [2.45, 2.75) is 45.6 Å². The van der Waals surface area contributed by atoms with Crippen molar-refractivity contribution in [1.82, 2.24) is 4.90 Å². The van der Waals surface area contributed by atoms with Gasteiger partial charge in [0, 0.05) is 0 Å². The quantitative estimate of drug-likeness (QED) is 0.789. The molecular formula is C16H25NO. The van der Waals surface area contributed by atoms with Crippen LogP contribution in [0.1, 0.15) is 39.2 Å². The molecule has 0 bridgehead atoms. The average molecular weight is 247 g/mol.